The van der Waals surface area contributed by atoms with Crippen LogP contribution in [0.2, 0.25) is 5.02 Å². The van der Waals surface area contributed by atoms with Crippen molar-refractivity contribution < 1.29 is 4.74 Å². The maximum Gasteiger partial charge on any atom is 0.146 e. The van der Waals surface area contributed by atoms with Gasteiger partial charge in [0.05, 0.1) is 7.11 Å². The number of fused-ring (bicyclic) bond motifs is 1. The zero-order valence-electron chi connectivity index (χ0n) is 12.1. The van der Waals surface area contributed by atoms with Gasteiger partial charge in [-0.1, -0.05) is 39.3 Å². The molecule has 0 unspecified atom stereocenters. The van der Waals surface area contributed by atoms with Gasteiger partial charge in [-0.15, -0.1) is 0 Å². The predicted molar refractivity (Wildman–Crippen MR) is 81.5 cm³/mol. The second-order valence-electron chi connectivity index (χ2n) is 5.45. The molecule has 1 aromatic carbocycles. The fraction of sp³-hybridized carbons (Fsp3) is 0.438. The van der Waals surface area contributed by atoms with Crippen LogP contribution in [0.3, 0.4) is 0 Å². The quantitative estimate of drug-likeness (QED) is 0.775. The summed E-state index contributed by atoms with van der Waals surface area (Å²) in [6, 6.07) is 5.99. The standard InChI is InChI=1S/C16H20ClNO/c1-9(2)12-8-14(10(3)4)18-16-13(12)6-11(17)7-15(16)19-5/h6-10H,1-5H3. The predicted octanol–water partition coefficient (Wildman–Crippen LogP) is 5.14. The van der Waals surface area contributed by atoms with Gasteiger partial charge in [0.15, 0.2) is 0 Å². The van der Waals surface area contributed by atoms with E-state index in [9.17, 15) is 0 Å². The molecule has 0 atom stereocenters. The molecule has 0 fully saturated rings. The summed E-state index contributed by atoms with van der Waals surface area (Å²) in [7, 11) is 1.66. The first-order chi connectivity index (χ1) is 8.93. The second kappa shape index (κ2) is 5.38. The summed E-state index contributed by atoms with van der Waals surface area (Å²) in [5.74, 6) is 1.56. The van der Waals surface area contributed by atoms with Crippen LogP contribution >= 0.6 is 11.6 Å². The van der Waals surface area contributed by atoms with Gasteiger partial charge in [0.25, 0.3) is 0 Å². The minimum absolute atomic E-state index is 0.391. The lowest BCUT2D eigenvalue weighted by molar-refractivity contribution is 0.418. The van der Waals surface area contributed by atoms with E-state index in [0.29, 0.717) is 16.9 Å². The Labute approximate surface area is 119 Å². The van der Waals surface area contributed by atoms with E-state index in [1.54, 1.807) is 7.11 Å². The van der Waals surface area contributed by atoms with Crippen LogP contribution < -0.4 is 4.74 Å². The van der Waals surface area contributed by atoms with Gasteiger partial charge in [-0.2, -0.15) is 0 Å². The van der Waals surface area contributed by atoms with E-state index in [-0.39, 0.29) is 0 Å². The minimum atomic E-state index is 0.391. The maximum absolute atomic E-state index is 6.17. The third-order valence-electron chi connectivity index (χ3n) is 3.33. The SMILES string of the molecule is COc1cc(Cl)cc2c(C(C)C)cc(C(C)C)nc12. The zero-order valence-corrected chi connectivity index (χ0v) is 12.9. The number of hydrogen-bond acceptors (Lipinski definition) is 2. The van der Waals surface area contributed by atoms with Crippen molar-refractivity contribution >= 4 is 22.5 Å². The third-order valence-corrected chi connectivity index (χ3v) is 3.55. The number of rotatable bonds is 3. The van der Waals surface area contributed by atoms with E-state index in [0.717, 1.165) is 22.3 Å². The van der Waals surface area contributed by atoms with Gasteiger partial charge in [0.1, 0.15) is 11.3 Å². The Kier molecular flexibility index (Phi) is 4.00. The topological polar surface area (TPSA) is 22.1 Å². The normalized spacial score (nSPS) is 11.6. The van der Waals surface area contributed by atoms with E-state index in [4.69, 9.17) is 21.3 Å². The molecule has 0 N–H and O–H groups in total. The summed E-state index contributed by atoms with van der Waals surface area (Å²) in [5.41, 5.74) is 3.27. The van der Waals surface area contributed by atoms with Crippen LogP contribution in [0.1, 0.15) is 50.8 Å². The van der Waals surface area contributed by atoms with Crippen molar-refractivity contribution in [1.29, 1.82) is 0 Å². The first-order valence-corrected chi connectivity index (χ1v) is 7.00. The van der Waals surface area contributed by atoms with Gasteiger partial charge >= 0.3 is 0 Å². The number of ether oxygens (including phenoxy) is 1. The Morgan fingerprint density at radius 1 is 1.05 bits per heavy atom. The molecule has 2 rings (SSSR count). The van der Waals surface area contributed by atoms with Crippen molar-refractivity contribution in [2.24, 2.45) is 0 Å². The molecule has 3 heteroatoms. The molecule has 0 aliphatic heterocycles. The van der Waals surface area contributed by atoms with E-state index in [1.807, 2.05) is 12.1 Å². The van der Waals surface area contributed by atoms with Crippen LogP contribution in [0.15, 0.2) is 18.2 Å². The molecule has 102 valence electrons. The van der Waals surface area contributed by atoms with Gasteiger partial charge in [-0.3, -0.25) is 0 Å². The highest BCUT2D eigenvalue weighted by Gasteiger charge is 2.15. The van der Waals surface area contributed by atoms with Crippen LogP contribution in [-0.2, 0) is 0 Å². The van der Waals surface area contributed by atoms with Gasteiger partial charge in [0, 0.05) is 22.2 Å². The molecule has 0 aliphatic carbocycles. The smallest absolute Gasteiger partial charge is 0.146 e. The average Bonchev–Trinajstić information content (AvgIpc) is 2.36. The van der Waals surface area contributed by atoms with Crippen molar-refractivity contribution in [3.63, 3.8) is 0 Å². The second-order valence-corrected chi connectivity index (χ2v) is 5.89. The Bertz CT molecular complexity index is 605. The van der Waals surface area contributed by atoms with Crippen molar-refractivity contribution in [1.82, 2.24) is 4.98 Å². The van der Waals surface area contributed by atoms with Crippen LogP contribution in [0.25, 0.3) is 10.9 Å². The van der Waals surface area contributed by atoms with E-state index in [2.05, 4.69) is 33.8 Å². The molecule has 0 saturated heterocycles. The highest BCUT2D eigenvalue weighted by molar-refractivity contribution is 6.31. The maximum atomic E-state index is 6.17. The number of halogens is 1. The van der Waals surface area contributed by atoms with Gasteiger partial charge < -0.3 is 4.74 Å². The molecule has 2 aromatic rings. The molecule has 2 nitrogen and oxygen atoms in total. The lowest BCUT2D eigenvalue weighted by Gasteiger charge is -2.16. The first-order valence-electron chi connectivity index (χ1n) is 6.62. The largest absolute Gasteiger partial charge is 0.494 e. The summed E-state index contributed by atoms with van der Waals surface area (Å²) >= 11 is 6.17. The number of nitrogens with zero attached hydrogens (tertiary/aromatic N) is 1. The number of aromatic nitrogens is 1. The fourth-order valence-corrected chi connectivity index (χ4v) is 2.45. The minimum Gasteiger partial charge on any atom is -0.494 e. The molecule has 0 spiro atoms. The summed E-state index contributed by atoms with van der Waals surface area (Å²) in [4.78, 5) is 4.75. The van der Waals surface area contributed by atoms with Crippen molar-refractivity contribution in [3.8, 4) is 5.75 Å². The van der Waals surface area contributed by atoms with E-state index in [1.165, 1.54) is 5.56 Å². The van der Waals surface area contributed by atoms with Crippen LogP contribution in [0.5, 0.6) is 5.75 Å². The zero-order chi connectivity index (χ0) is 14.2. The fourth-order valence-electron chi connectivity index (χ4n) is 2.24. The molecular weight excluding hydrogens is 258 g/mol. The molecule has 0 radical (unpaired) electrons. The molecule has 0 bridgehead atoms. The monoisotopic (exact) mass is 277 g/mol. The average molecular weight is 278 g/mol. The van der Waals surface area contributed by atoms with Crippen molar-refractivity contribution in [3.05, 3.63) is 34.5 Å². The molecule has 0 aliphatic rings. The van der Waals surface area contributed by atoms with Gasteiger partial charge in [-0.25, -0.2) is 4.98 Å². The number of hydrogen-bond donors (Lipinski definition) is 0. The van der Waals surface area contributed by atoms with E-state index < -0.39 is 0 Å². The Morgan fingerprint density at radius 3 is 2.26 bits per heavy atom. The van der Waals surface area contributed by atoms with Crippen molar-refractivity contribution in [2.45, 2.75) is 39.5 Å². The lowest BCUT2D eigenvalue weighted by atomic mass is 9.95. The van der Waals surface area contributed by atoms with Crippen LogP contribution in [0, 0.1) is 0 Å². The highest BCUT2D eigenvalue weighted by atomic mass is 35.5. The van der Waals surface area contributed by atoms with Crippen LogP contribution in [-0.4, -0.2) is 12.1 Å². The third kappa shape index (κ3) is 2.69. The number of pyridine rings is 1. The Hall–Kier alpha value is -1.28. The Morgan fingerprint density at radius 2 is 1.74 bits per heavy atom. The molecule has 0 saturated carbocycles. The lowest BCUT2D eigenvalue weighted by Crippen LogP contribution is -2.00. The highest BCUT2D eigenvalue weighted by Crippen LogP contribution is 2.35. The summed E-state index contributed by atoms with van der Waals surface area (Å²) in [6.07, 6.45) is 0. The Balaban J connectivity index is 2.86. The number of benzene rings is 1. The summed E-state index contributed by atoms with van der Waals surface area (Å²) < 4.78 is 5.43. The molecule has 1 heterocycles. The van der Waals surface area contributed by atoms with Gasteiger partial charge in [-0.05, 0) is 29.5 Å². The summed E-state index contributed by atoms with van der Waals surface area (Å²) in [5, 5.41) is 1.77. The first kappa shape index (κ1) is 14.1. The van der Waals surface area contributed by atoms with Crippen molar-refractivity contribution in [2.75, 3.05) is 7.11 Å². The van der Waals surface area contributed by atoms with E-state index >= 15 is 0 Å². The molecular formula is C16H20ClNO. The van der Waals surface area contributed by atoms with Gasteiger partial charge in [0.2, 0.25) is 0 Å². The molecule has 1 aromatic heterocycles. The summed E-state index contributed by atoms with van der Waals surface area (Å²) in [6.45, 7) is 8.68. The number of methoxy groups -OCH3 is 1. The molecule has 19 heavy (non-hydrogen) atoms. The van der Waals surface area contributed by atoms with Crippen LogP contribution in [0.4, 0.5) is 0 Å². The molecule has 0 amide bonds.